The molecule has 0 bridgehead atoms. The Morgan fingerprint density at radius 1 is 0.760 bits per heavy atom. The molecule has 0 aliphatic heterocycles. The minimum Gasteiger partial charge on any atom is -0.497 e. The van der Waals surface area contributed by atoms with Crippen LogP contribution in [-0.4, -0.2) is 14.2 Å². The monoisotopic (exact) mass is 330 g/mol. The second-order valence-electron chi connectivity index (χ2n) is 7.05. The molecule has 3 aromatic carbocycles. The zero-order chi connectivity index (χ0) is 17.6. The molecule has 0 spiro atoms. The van der Waals surface area contributed by atoms with Gasteiger partial charge in [-0.3, -0.25) is 0 Å². The molecule has 0 radical (unpaired) electrons. The summed E-state index contributed by atoms with van der Waals surface area (Å²) in [5.41, 5.74) is 5.08. The number of hydrogen-bond acceptors (Lipinski definition) is 2. The van der Waals surface area contributed by atoms with E-state index in [9.17, 15) is 0 Å². The average molecular weight is 330 g/mol. The third kappa shape index (κ3) is 2.41. The van der Waals surface area contributed by atoms with Crippen LogP contribution < -0.4 is 9.47 Å². The summed E-state index contributed by atoms with van der Waals surface area (Å²) < 4.78 is 11.0. The van der Waals surface area contributed by atoms with Gasteiger partial charge in [0.25, 0.3) is 0 Å². The van der Waals surface area contributed by atoms with Gasteiger partial charge in [0.15, 0.2) is 0 Å². The molecule has 2 heteroatoms. The molecule has 0 fully saturated rings. The Hall–Kier alpha value is -2.74. The van der Waals surface area contributed by atoms with Gasteiger partial charge in [-0.15, -0.1) is 0 Å². The first-order valence-electron chi connectivity index (χ1n) is 8.53. The van der Waals surface area contributed by atoms with E-state index in [4.69, 9.17) is 9.47 Å². The number of methoxy groups -OCH3 is 2. The minimum atomic E-state index is -0.00201. The Balaban J connectivity index is 2.00. The van der Waals surface area contributed by atoms with Gasteiger partial charge in [-0.25, -0.2) is 0 Å². The molecular formula is C23H22O2. The lowest BCUT2D eigenvalue weighted by Crippen LogP contribution is -2.10. The van der Waals surface area contributed by atoms with Crippen molar-refractivity contribution < 1.29 is 9.47 Å². The smallest absolute Gasteiger partial charge is 0.126 e. The van der Waals surface area contributed by atoms with Crippen LogP contribution in [0.15, 0.2) is 60.7 Å². The molecule has 0 unspecified atom stereocenters. The van der Waals surface area contributed by atoms with Gasteiger partial charge in [-0.1, -0.05) is 56.3 Å². The van der Waals surface area contributed by atoms with E-state index in [0.29, 0.717) is 0 Å². The Morgan fingerprint density at radius 3 is 2.24 bits per heavy atom. The molecule has 0 amide bonds. The largest absolute Gasteiger partial charge is 0.497 e. The average Bonchev–Trinajstić information content (AvgIpc) is 2.91. The molecule has 4 rings (SSSR count). The van der Waals surface area contributed by atoms with Crippen LogP contribution in [0, 0.1) is 0 Å². The maximum atomic E-state index is 5.55. The van der Waals surface area contributed by atoms with Crippen LogP contribution in [0.4, 0.5) is 0 Å². The van der Waals surface area contributed by atoms with Crippen LogP contribution >= 0.6 is 0 Å². The Labute approximate surface area is 148 Å². The predicted octanol–water partition coefficient (Wildman–Crippen LogP) is 5.58. The van der Waals surface area contributed by atoms with Gasteiger partial charge in [0.05, 0.1) is 14.2 Å². The van der Waals surface area contributed by atoms with Crippen LogP contribution in [-0.2, 0) is 5.41 Å². The second kappa shape index (κ2) is 5.66. The van der Waals surface area contributed by atoms with Crippen molar-refractivity contribution in [3.8, 4) is 11.5 Å². The summed E-state index contributed by atoms with van der Waals surface area (Å²) in [5, 5.41) is 2.34. The first-order chi connectivity index (χ1) is 12.0. The van der Waals surface area contributed by atoms with Crippen molar-refractivity contribution >= 4 is 16.3 Å². The maximum Gasteiger partial charge on any atom is 0.126 e. The Morgan fingerprint density at radius 2 is 1.52 bits per heavy atom. The first-order valence-corrected chi connectivity index (χ1v) is 8.53. The summed E-state index contributed by atoms with van der Waals surface area (Å²) in [5.74, 6) is 1.79. The molecule has 0 saturated carbocycles. The zero-order valence-electron chi connectivity index (χ0n) is 15.1. The minimum absolute atomic E-state index is 0.00201. The number of rotatable bonds is 3. The van der Waals surface area contributed by atoms with E-state index in [-0.39, 0.29) is 5.41 Å². The molecule has 3 aromatic rings. The van der Waals surface area contributed by atoms with Crippen molar-refractivity contribution in [1.29, 1.82) is 0 Å². The van der Waals surface area contributed by atoms with Gasteiger partial charge in [-0.05, 0) is 45.8 Å². The fourth-order valence-electron chi connectivity index (χ4n) is 3.86. The number of ether oxygens (including phenoxy) is 2. The van der Waals surface area contributed by atoms with Crippen LogP contribution in [0.1, 0.15) is 30.5 Å². The second-order valence-corrected chi connectivity index (χ2v) is 7.05. The number of allylic oxidation sites excluding steroid dienone is 1. The number of benzene rings is 3. The Kier molecular flexibility index (Phi) is 3.57. The van der Waals surface area contributed by atoms with Crippen LogP contribution in [0.2, 0.25) is 0 Å². The first kappa shape index (κ1) is 15.8. The van der Waals surface area contributed by atoms with Crippen LogP contribution in [0.3, 0.4) is 0 Å². The summed E-state index contributed by atoms with van der Waals surface area (Å²) in [6.07, 6.45) is 2.37. The molecule has 25 heavy (non-hydrogen) atoms. The lowest BCUT2D eigenvalue weighted by atomic mass is 9.87. The predicted molar refractivity (Wildman–Crippen MR) is 104 cm³/mol. The Bertz CT molecular complexity index is 996. The number of hydrogen-bond donors (Lipinski definition) is 0. The highest BCUT2D eigenvalue weighted by atomic mass is 16.5. The molecule has 0 heterocycles. The molecule has 1 aliphatic rings. The molecule has 0 saturated heterocycles. The van der Waals surface area contributed by atoms with Crippen LogP contribution in [0.25, 0.3) is 16.3 Å². The molecule has 2 nitrogen and oxygen atoms in total. The quantitative estimate of drug-likeness (QED) is 0.624. The molecular weight excluding hydrogens is 308 g/mol. The normalized spacial score (nSPS) is 15.0. The van der Waals surface area contributed by atoms with Crippen molar-refractivity contribution in [3.63, 3.8) is 0 Å². The van der Waals surface area contributed by atoms with E-state index in [1.165, 1.54) is 27.6 Å². The van der Waals surface area contributed by atoms with E-state index < -0.39 is 0 Å². The molecule has 0 N–H and O–H groups in total. The highest BCUT2D eigenvalue weighted by Gasteiger charge is 2.31. The van der Waals surface area contributed by atoms with Gasteiger partial charge in [0, 0.05) is 10.8 Å². The lowest BCUT2D eigenvalue weighted by molar-refractivity contribution is 0.414. The van der Waals surface area contributed by atoms with Crippen molar-refractivity contribution in [2.24, 2.45) is 0 Å². The van der Waals surface area contributed by atoms with Gasteiger partial charge in [-0.2, -0.15) is 0 Å². The third-order valence-corrected chi connectivity index (χ3v) is 5.11. The lowest BCUT2D eigenvalue weighted by Gasteiger charge is -2.17. The SMILES string of the molecule is COc1ccc2c(c1)C(c1ccc(OC)c3ccccc13)=CC2(C)C. The third-order valence-electron chi connectivity index (χ3n) is 5.11. The van der Waals surface area contributed by atoms with Gasteiger partial charge in [0.2, 0.25) is 0 Å². The topological polar surface area (TPSA) is 18.5 Å². The zero-order valence-corrected chi connectivity index (χ0v) is 15.1. The molecule has 0 atom stereocenters. The highest BCUT2D eigenvalue weighted by molar-refractivity contribution is 6.02. The molecule has 1 aliphatic carbocycles. The maximum absolute atomic E-state index is 5.55. The van der Waals surface area contributed by atoms with Crippen molar-refractivity contribution in [2.75, 3.05) is 14.2 Å². The van der Waals surface area contributed by atoms with Crippen molar-refractivity contribution in [1.82, 2.24) is 0 Å². The molecule has 0 aromatic heterocycles. The van der Waals surface area contributed by atoms with Gasteiger partial charge >= 0.3 is 0 Å². The van der Waals surface area contributed by atoms with E-state index in [1.54, 1.807) is 14.2 Å². The van der Waals surface area contributed by atoms with Gasteiger partial charge < -0.3 is 9.47 Å². The van der Waals surface area contributed by atoms with E-state index in [0.717, 1.165) is 16.9 Å². The summed E-state index contributed by atoms with van der Waals surface area (Å²) in [6.45, 7) is 4.52. The fourth-order valence-corrected chi connectivity index (χ4v) is 3.86. The summed E-state index contributed by atoms with van der Waals surface area (Å²) in [4.78, 5) is 0. The van der Waals surface area contributed by atoms with E-state index in [2.05, 4.69) is 68.5 Å². The van der Waals surface area contributed by atoms with Crippen molar-refractivity contribution in [3.05, 3.63) is 77.4 Å². The summed E-state index contributed by atoms with van der Waals surface area (Å²) in [6, 6.07) is 19.0. The standard InChI is InChI=1S/C23H22O2/c1-23(2)14-20(19-13-15(24-3)9-11-21(19)23)17-10-12-22(25-4)18-8-6-5-7-16(17)18/h5-14H,1-4H3. The van der Waals surface area contributed by atoms with Crippen molar-refractivity contribution in [2.45, 2.75) is 19.3 Å². The van der Waals surface area contributed by atoms with Crippen LogP contribution in [0.5, 0.6) is 11.5 Å². The fraction of sp³-hybridized carbons (Fsp3) is 0.217. The molecule has 126 valence electrons. The van der Waals surface area contributed by atoms with E-state index in [1.807, 2.05) is 6.07 Å². The summed E-state index contributed by atoms with van der Waals surface area (Å²) in [7, 11) is 3.44. The number of fused-ring (bicyclic) bond motifs is 2. The van der Waals surface area contributed by atoms with E-state index >= 15 is 0 Å². The highest BCUT2D eigenvalue weighted by Crippen LogP contribution is 2.46. The van der Waals surface area contributed by atoms with Gasteiger partial charge in [0.1, 0.15) is 11.5 Å². The summed E-state index contributed by atoms with van der Waals surface area (Å²) >= 11 is 0.